The van der Waals surface area contributed by atoms with Crippen molar-refractivity contribution in [2.45, 2.75) is 32.4 Å². The number of amides is 1. The second-order valence-corrected chi connectivity index (χ2v) is 5.19. The van der Waals surface area contributed by atoms with Crippen molar-refractivity contribution in [2.75, 3.05) is 5.88 Å². The third-order valence-corrected chi connectivity index (χ3v) is 3.65. The molecule has 2 nitrogen and oxygen atoms in total. The van der Waals surface area contributed by atoms with Gasteiger partial charge in [-0.2, -0.15) is 0 Å². The van der Waals surface area contributed by atoms with E-state index in [0.717, 1.165) is 18.4 Å². The predicted molar refractivity (Wildman–Crippen MR) is 69.9 cm³/mol. The van der Waals surface area contributed by atoms with E-state index in [1.54, 1.807) is 12.1 Å². The topological polar surface area (TPSA) is 20.3 Å². The first kappa shape index (κ1) is 13.3. The van der Waals surface area contributed by atoms with Crippen LogP contribution in [0.3, 0.4) is 0 Å². The highest BCUT2D eigenvalue weighted by molar-refractivity contribution is 6.19. The molecule has 1 amide bonds. The molecule has 4 heteroatoms. The number of rotatable bonds is 5. The van der Waals surface area contributed by atoms with Crippen molar-refractivity contribution < 1.29 is 9.18 Å². The van der Waals surface area contributed by atoms with Crippen LogP contribution in [0.2, 0.25) is 0 Å². The summed E-state index contributed by atoms with van der Waals surface area (Å²) >= 11 is 5.74. The summed E-state index contributed by atoms with van der Waals surface area (Å²) in [6, 6.07) is 6.64. The van der Waals surface area contributed by atoms with Gasteiger partial charge in [-0.05, 0) is 30.5 Å². The maximum atomic E-state index is 12.8. The Kier molecular flexibility index (Phi) is 4.23. The quantitative estimate of drug-likeness (QED) is 0.752. The Morgan fingerprint density at radius 2 is 2.06 bits per heavy atom. The van der Waals surface area contributed by atoms with E-state index >= 15 is 0 Å². The molecule has 98 valence electrons. The number of alkyl halides is 1. The van der Waals surface area contributed by atoms with Crippen molar-refractivity contribution in [1.82, 2.24) is 4.90 Å². The highest BCUT2D eigenvalue weighted by atomic mass is 35.5. The number of nitrogens with zero attached hydrogens (tertiary/aromatic N) is 1. The summed E-state index contributed by atoms with van der Waals surface area (Å²) in [4.78, 5) is 14.1. The molecule has 1 unspecified atom stereocenters. The van der Waals surface area contributed by atoms with E-state index in [0.29, 0.717) is 18.5 Å². The van der Waals surface area contributed by atoms with Gasteiger partial charge >= 0.3 is 0 Å². The molecule has 1 fully saturated rings. The lowest BCUT2D eigenvalue weighted by Crippen LogP contribution is -2.37. The molecule has 1 atom stereocenters. The number of hydrogen-bond donors (Lipinski definition) is 0. The molecule has 0 spiro atoms. The van der Waals surface area contributed by atoms with Crippen LogP contribution >= 0.6 is 11.6 Å². The molecule has 0 heterocycles. The molecule has 1 saturated carbocycles. The Bertz CT molecular complexity index is 416. The van der Waals surface area contributed by atoms with Gasteiger partial charge in [0.15, 0.2) is 0 Å². The SMILES string of the molecule is CC(CCl)C(=O)N(Cc1ccc(F)cc1)C1CC1. The number of halogens is 2. The fourth-order valence-electron chi connectivity index (χ4n) is 1.91. The average molecular weight is 270 g/mol. The molecule has 0 N–H and O–H groups in total. The van der Waals surface area contributed by atoms with Gasteiger partial charge in [-0.1, -0.05) is 19.1 Å². The van der Waals surface area contributed by atoms with Crippen LogP contribution in [0.1, 0.15) is 25.3 Å². The Morgan fingerprint density at radius 1 is 1.44 bits per heavy atom. The summed E-state index contributed by atoms with van der Waals surface area (Å²) in [5.74, 6) is 0.0209. The summed E-state index contributed by atoms with van der Waals surface area (Å²) < 4.78 is 12.8. The van der Waals surface area contributed by atoms with Gasteiger partial charge in [-0.3, -0.25) is 4.79 Å². The van der Waals surface area contributed by atoms with E-state index in [1.807, 2.05) is 11.8 Å². The normalized spacial score (nSPS) is 16.4. The van der Waals surface area contributed by atoms with Crippen LogP contribution in [-0.4, -0.2) is 22.7 Å². The fourth-order valence-corrected chi connectivity index (χ4v) is 2.04. The van der Waals surface area contributed by atoms with Gasteiger partial charge in [0.05, 0.1) is 0 Å². The van der Waals surface area contributed by atoms with E-state index in [4.69, 9.17) is 11.6 Å². The van der Waals surface area contributed by atoms with Crippen molar-refractivity contribution in [1.29, 1.82) is 0 Å². The largest absolute Gasteiger partial charge is 0.335 e. The zero-order chi connectivity index (χ0) is 13.1. The summed E-state index contributed by atoms with van der Waals surface area (Å²) in [6.45, 7) is 2.39. The third kappa shape index (κ3) is 3.22. The smallest absolute Gasteiger partial charge is 0.227 e. The number of hydrogen-bond acceptors (Lipinski definition) is 1. The van der Waals surface area contributed by atoms with Crippen LogP contribution in [0.25, 0.3) is 0 Å². The van der Waals surface area contributed by atoms with E-state index in [2.05, 4.69) is 0 Å². The maximum absolute atomic E-state index is 12.8. The summed E-state index contributed by atoms with van der Waals surface area (Å²) in [5.41, 5.74) is 0.957. The predicted octanol–water partition coefficient (Wildman–Crippen LogP) is 3.19. The molecule has 0 bridgehead atoms. The van der Waals surface area contributed by atoms with Crippen LogP contribution in [0, 0.1) is 11.7 Å². The Labute approximate surface area is 112 Å². The first-order valence-electron chi connectivity index (χ1n) is 6.22. The van der Waals surface area contributed by atoms with Gasteiger partial charge in [-0.15, -0.1) is 11.6 Å². The molecule has 0 radical (unpaired) electrons. The van der Waals surface area contributed by atoms with Crippen LogP contribution in [0.5, 0.6) is 0 Å². The fraction of sp³-hybridized carbons (Fsp3) is 0.500. The first-order valence-corrected chi connectivity index (χ1v) is 6.76. The average Bonchev–Trinajstić information content (AvgIpc) is 3.20. The van der Waals surface area contributed by atoms with Gasteiger partial charge in [0, 0.05) is 24.4 Å². The number of carbonyl (C=O) groups is 1. The maximum Gasteiger partial charge on any atom is 0.227 e. The van der Waals surface area contributed by atoms with Crippen molar-refractivity contribution >= 4 is 17.5 Å². The zero-order valence-corrected chi connectivity index (χ0v) is 11.2. The van der Waals surface area contributed by atoms with E-state index < -0.39 is 0 Å². The minimum atomic E-state index is -0.253. The molecule has 1 aromatic rings. The molecule has 2 rings (SSSR count). The molecule has 0 aliphatic heterocycles. The lowest BCUT2D eigenvalue weighted by atomic mass is 10.1. The van der Waals surface area contributed by atoms with E-state index in [9.17, 15) is 9.18 Å². The van der Waals surface area contributed by atoms with Crippen molar-refractivity contribution in [3.05, 3.63) is 35.6 Å². The molecule has 1 aliphatic rings. The van der Waals surface area contributed by atoms with Crippen LogP contribution in [-0.2, 0) is 11.3 Å². The van der Waals surface area contributed by atoms with Gasteiger partial charge in [0.25, 0.3) is 0 Å². The van der Waals surface area contributed by atoms with Crippen molar-refractivity contribution in [2.24, 2.45) is 5.92 Å². The Hall–Kier alpha value is -1.09. The lowest BCUT2D eigenvalue weighted by molar-refractivity contribution is -0.135. The molecular weight excluding hydrogens is 253 g/mol. The summed E-state index contributed by atoms with van der Waals surface area (Å²) in [5, 5.41) is 0. The van der Waals surface area contributed by atoms with Crippen molar-refractivity contribution in [3.8, 4) is 0 Å². The summed E-state index contributed by atoms with van der Waals surface area (Å²) in [6.07, 6.45) is 2.11. The van der Waals surface area contributed by atoms with Gasteiger partial charge in [0.2, 0.25) is 5.91 Å². The van der Waals surface area contributed by atoms with Crippen LogP contribution in [0.15, 0.2) is 24.3 Å². The summed E-state index contributed by atoms with van der Waals surface area (Å²) in [7, 11) is 0. The van der Waals surface area contributed by atoms with Crippen LogP contribution < -0.4 is 0 Å². The third-order valence-electron chi connectivity index (χ3n) is 3.19. The highest BCUT2D eigenvalue weighted by Crippen LogP contribution is 2.29. The molecule has 0 aromatic heterocycles. The van der Waals surface area contributed by atoms with Crippen LogP contribution in [0.4, 0.5) is 4.39 Å². The molecule has 1 aliphatic carbocycles. The minimum absolute atomic E-state index is 0.0943. The van der Waals surface area contributed by atoms with Gasteiger partial charge in [-0.25, -0.2) is 4.39 Å². The minimum Gasteiger partial charge on any atom is -0.335 e. The van der Waals surface area contributed by atoms with E-state index in [1.165, 1.54) is 12.1 Å². The standard InChI is InChI=1S/C14H17ClFNO/c1-10(8-15)14(18)17(13-6-7-13)9-11-2-4-12(16)5-3-11/h2-5,10,13H,6-9H2,1H3. The first-order chi connectivity index (χ1) is 8.61. The molecular formula is C14H17ClFNO. The van der Waals surface area contributed by atoms with Gasteiger partial charge in [0.1, 0.15) is 5.82 Å². The Balaban J connectivity index is 2.06. The zero-order valence-electron chi connectivity index (χ0n) is 10.4. The second kappa shape index (κ2) is 5.70. The molecule has 18 heavy (non-hydrogen) atoms. The van der Waals surface area contributed by atoms with Gasteiger partial charge < -0.3 is 4.90 Å². The molecule has 1 aromatic carbocycles. The number of carbonyl (C=O) groups excluding carboxylic acids is 1. The lowest BCUT2D eigenvalue weighted by Gasteiger charge is -2.25. The Morgan fingerprint density at radius 3 is 2.56 bits per heavy atom. The molecule has 0 saturated heterocycles. The number of benzene rings is 1. The highest BCUT2D eigenvalue weighted by Gasteiger charge is 2.34. The monoisotopic (exact) mass is 269 g/mol. The van der Waals surface area contributed by atoms with Crippen molar-refractivity contribution in [3.63, 3.8) is 0 Å². The van der Waals surface area contributed by atoms with E-state index in [-0.39, 0.29) is 17.6 Å². The second-order valence-electron chi connectivity index (χ2n) is 4.88.